The van der Waals surface area contributed by atoms with Crippen molar-refractivity contribution in [3.05, 3.63) is 17.5 Å². The Morgan fingerprint density at radius 1 is 1.73 bits per heavy atom. The van der Waals surface area contributed by atoms with Crippen LogP contribution in [-0.4, -0.2) is 29.4 Å². The number of hydrogen-bond donors (Lipinski definition) is 2. The van der Waals surface area contributed by atoms with Crippen molar-refractivity contribution < 1.29 is 9.90 Å². The second-order valence-corrected chi connectivity index (χ2v) is 5.30. The van der Waals surface area contributed by atoms with E-state index in [0.717, 1.165) is 10.6 Å². The van der Waals surface area contributed by atoms with E-state index >= 15 is 0 Å². The second-order valence-electron chi connectivity index (χ2n) is 3.08. The van der Waals surface area contributed by atoms with Crippen molar-refractivity contribution in [1.82, 2.24) is 5.32 Å². The molecule has 0 aliphatic heterocycles. The third-order valence-corrected chi connectivity index (χ3v) is 4.05. The van der Waals surface area contributed by atoms with E-state index in [-0.39, 0.29) is 18.6 Å². The highest BCUT2D eigenvalue weighted by Gasteiger charge is 2.09. The number of carbonyl (C=O) groups excluding carboxylic acids is 1. The molecule has 1 aromatic rings. The van der Waals surface area contributed by atoms with E-state index in [2.05, 4.69) is 5.32 Å². The van der Waals surface area contributed by atoms with E-state index < -0.39 is 0 Å². The first-order valence-electron chi connectivity index (χ1n) is 4.82. The highest BCUT2D eigenvalue weighted by atomic mass is 32.2. The maximum absolute atomic E-state index is 11.4. The molecule has 1 heterocycles. The van der Waals surface area contributed by atoms with Gasteiger partial charge in [0.25, 0.3) is 0 Å². The molecule has 0 unspecified atom stereocenters. The van der Waals surface area contributed by atoms with Gasteiger partial charge in [-0.25, -0.2) is 0 Å². The summed E-state index contributed by atoms with van der Waals surface area (Å²) in [6.07, 6.45) is 0.756. The Hall–Kier alpha value is -0.520. The zero-order chi connectivity index (χ0) is 11.1. The molecule has 0 saturated carbocycles. The summed E-state index contributed by atoms with van der Waals surface area (Å²) in [4.78, 5) is 11.4. The Bertz CT molecular complexity index is 284. The van der Waals surface area contributed by atoms with Crippen molar-refractivity contribution >= 4 is 29.0 Å². The predicted molar refractivity (Wildman–Crippen MR) is 64.4 cm³/mol. The van der Waals surface area contributed by atoms with Crippen LogP contribution in [0.25, 0.3) is 0 Å². The minimum Gasteiger partial charge on any atom is -0.394 e. The van der Waals surface area contributed by atoms with Crippen molar-refractivity contribution in [1.29, 1.82) is 0 Å². The molecule has 0 fully saturated rings. The Morgan fingerprint density at radius 3 is 3.07 bits per heavy atom. The zero-order valence-electron chi connectivity index (χ0n) is 8.60. The monoisotopic (exact) mass is 245 g/mol. The average molecular weight is 245 g/mol. The van der Waals surface area contributed by atoms with Crippen LogP contribution in [0.4, 0.5) is 0 Å². The van der Waals surface area contributed by atoms with Crippen LogP contribution < -0.4 is 5.32 Å². The van der Waals surface area contributed by atoms with Crippen LogP contribution in [0.2, 0.25) is 0 Å². The highest BCUT2D eigenvalue weighted by Crippen LogP contribution is 2.22. The van der Waals surface area contributed by atoms with E-state index in [1.54, 1.807) is 11.3 Å². The van der Waals surface area contributed by atoms with Crippen LogP contribution in [0.5, 0.6) is 0 Å². The van der Waals surface area contributed by atoms with E-state index in [1.165, 1.54) is 11.8 Å². The number of aliphatic hydroxyl groups excluding tert-OH is 1. The van der Waals surface area contributed by atoms with Gasteiger partial charge in [0.2, 0.25) is 5.91 Å². The Kier molecular flexibility index (Phi) is 5.75. The summed E-state index contributed by atoms with van der Waals surface area (Å²) < 4.78 is 1.14. The summed E-state index contributed by atoms with van der Waals surface area (Å²) in [5.41, 5.74) is 0. The Labute approximate surface area is 97.9 Å². The molecule has 0 spiro atoms. The lowest BCUT2D eigenvalue weighted by Crippen LogP contribution is -2.37. The number of hydrogen-bond acceptors (Lipinski definition) is 4. The minimum atomic E-state index is -0.110. The SMILES string of the molecule is CC[C@H](CO)NC(=O)CSc1cccs1. The van der Waals surface area contributed by atoms with Gasteiger partial charge in [0.1, 0.15) is 0 Å². The molecular weight excluding hydrogens is 230 g/mol. The number of aliphatic hydroxyl groups is 1. The predicted octanol–water partition coefficient (Wildman–Crippen LogP) is 1.73. The topological polar surface area (TPSA) is 49.3 Å². The Balaban J connectivity index is 2.24. The fourth-order valence-corrected chi connectivity index (χ4v) is 2.62. The molecule has 0 saturated heterocycles. The number of carbonyl (C=O) groups is 1. The van der Waals surface area contributed by atoms with Crippen LogP contribution in [0.15, 0.2) is 21.7 Å². The molecule has 1 atom stereocenters. The maximum atomic E-state index is 11.4. The summed E-state index contributed by atoms with van der Waals surface area (Å²) in [6.45, 7) is 1.94. The van der Waals surface area contributed by atoms with Gasteiger partial charge in [0.15, 0.2) is 0 Å². The standard InChI is InChI=1S/C10H15NO2S2/c1-2-8(6-12)11-9(13)7-15-10-4-3-5-14-10/h3-5,8,12H,2,6-7H2,1H3,(H,11,13)/t8-/m1/s1. The zero-order valence-corrected chi connectivity index (χ0v) is 10.2. The van der Waals surface area contributed by atoms with Gasteiger partial charge < -0.3 is 10.4 Å². The quantitative estimate of drug-likeness (QED) is 0.750. The third-order valence-electron chi connectivity index (χ3n) is 1.92. The smallest absolute Gasteiger partial charge is 0.230 e. The highest BCUT2D eigenvalue weighted by molar-refractivity contribution is 8.01. The molecular formula is C10H15NO2S2. The van der Waals surface area contributed by atoms with Gasteiger partial charge in [0.05, 0.1) is 22.6 Å². The first-order valence-corrected chi connectivity index (χ1v) is 6.69. The van der Waals surface area contributed by atoms with Crippen molar-refractivity contribution in [2.24, 2.45) is 0 Å². The van der Waals surface area contributed by atoms with Gasteiger partial charge in [-0.3, -0.25) is 4.79 Å². The van der Waals surface area contributed by atoms with E-state index in [4.69, 9.17) is 5.11 Å². The number of thiophene rings is 1. The molecule has 0 aliphatic carbocycles. The molecule has 2 N–H and O–H groups in total. The number of amides is 1. The fraction of sp³-hybridized carbons (Fsp3) is 0.500. The van der Waals surface area contributed by atoms with Crippen LogP contribution in [-0.2, 0) is 4.79 Å². The normalized spacial score (nSPS) is 12.4. The summed E-state index contributed by atoms with van der Waals surface area (Å²) >= 11 is 3.15. The van der Waals surface area contributed by atoms with Gasteiger partial charge in [-0.05, 0) is 17.9 Å². The van der Waals surface area contributed by atoms with Gasteiger partial charge in [-0.1, -0.05) is 13.0 Å². The maximum Gasteiger partial charge on any atom is 0.230 e. The molecule has 0 aromatic carbocycles. The lowest BCUT2D eigenvalue weighted by atomic mass is 10.2. The van der Waals surface area contributed by atoms with Crippen molar-refractivity contribution in [3.8, 4) is 0 Å². The molecule has 84 valence electrons. The van der Waals surface area contributed by atoms with Crippen LogP contribution >= 0.6 is 23.1 Å². The summed E-state index contributed by atoms with van der Waals surface area (Å²) in [5, 5.41) is 13.7. The van der Waals surface area contributed by atoms with Crippen LogP contribution in [0.1, 0.15) is 13.3 Å². The van der Waals surface area contributed by atoms with Crippen LogP contribution in [0, 0.1) is 0 Å². The number of nitrogens with one attached hydrogen (secondary N) is 1. The third kappa shape index (κ3) is 4.68. The van der Waals surface area contributed by atoms with Crippen LogP contribution in [0.3, 0.4) is 0 Å². The van der Waals surface area contributed by atoms with E-state index in [1.807, 2.05) is 24.4 Å². The lowest BCUT2D eigenvalue weighted by Gasteiger charge is -2.13. The molecule has 1 amide bonds. The van der Waals surface area contributed by atoms with Gasteiger partial charge in [-0.15, -0.1) is 23.1 Å². The average Bonchev–Trinajstić information content (AvgIpc) is 2.75. The molecule has 1 aromatic heterocycles. The van der Waals surface area contributed by atoms with Gasteiger partial charge in [-0.2, -0.15) is 0 Å². The van der Waals surface area contributed by atoms with E-state index in [0.29, 0.717) is 5.75 Å². The summed E-state index contributed by atoms with van der Waals surface area (Å²) in [5.74, 6) is 0.395. The van der Waals surface area contributed by atoms with Gasteiger partial charge >= 0.3 is 0 Å². The molecule has 0 bridgehead atoms. The first-order chi connectivity index (χ1) is 7.26. The number of rotatable bonds is 6. The second kappa shape index (κ2) is 6.87. The Morgan fingerprint density at radius 2 is 2.53 bits per heavy atom. The van der Waals surface area contributed by atoms with Crippen molar-refractivity contribution in [2.75, 3.05) is 12.4 Å². The molecule has 0 aliphatic rings. The lowest BCUT2D eigenvalue weighted by molar-refractivity contribution is -0.119. The first kappa shape index (κ1) is 12.5. The largest absolute Gasteiger partial charge is 0.394 e. The summed E-state index contributed by atoms with van der Waals surface area (Å²) in [7, 11) is 0. The van der Waals surface area contributed by atoms with E-state index in [9.17, 15) is 4.79 Å². The summed E-state index contributed by atoms with van der Waals surface area (Å²) in [6, 6.07) is 3.85. The molecule has 0 radical (unpaired) electrons. The molecule has 1 rings (SSSR count). The molecule has 15 heavy (non-hydrogen) atoms. The fourth-order valence-electron chi connectivity index (χ4n) is 1.03. The molecule has 5 heteroatoms. The van der Waals surface area contributed by atoms with Crippen molar-refractivity contribution in [2.45, 2.75) is 23.6 Å². The molecule has 3 nitrogen and oxygen atoms in total. The van der Waals surface area contributed by atoms with Crippen molar-refractivity contribution in [3.63, 3.8) is 0 Å². The minimum absolute atomic E-state index is 0.00586. The van der Waals surface area contributed by atoms with Gasteiger partial charge in [0, 0.05) is 0 Å². The number of thioether (sulfide) groups is 1.